The molecule has 0 saturated carbocycles. The third kappa shape index (κ3) is 3.51. The summed E-state index contributed by atoms with van der Waals surface area (Å²) in [6, 6.07) is 6.14. The smallest absolute Gasteiger partial charge is 0.164 e. The van der Waals surface area contributed by atoms with Gasteiger partial charge in [0.15, 0.2) is 17.3 Å². The van der Waals surface area contributed by atoms with Crippen LogP contribution in [0.25, 0.3) is 0 Å². The van der Waals surface area contributed by atoms with E-state index in [9.17, 15) is 4.79 Å². The topological polar surface area (TPSA) is 47.6 Å². The van der Waals surface area contributed by atoms with E-state index in [1.165, 1.54) is 12.8 Å². The van der Waals surface area contributed by atoms with Crippen LogP contribution in [0.5, 0.6) is 11.5 Å². The zero-order chi connectivity index (χ0) is 14.5. The Morgan fingerprint density at radius 1 is 1.25 bits per heavy atom. The van der Waals surface area contributed by atoms with E-state index in [1.54, 1.807) is 32.4 Å². The Morgan fingerprint density at radius 2 is 2.00 bits per heavy atom. The summed E-state index contributed by atoms with van der Waals surface area (Å²) >= 11 is 0. The van der Waals surface area contributed by atoms with Crippen molar-refractivity contribution in [1.29, 1.82) is 0 Å². The molecule has 1 saturated heterocycles. The van der Waals surface area contributed by atoms with E-state index < -0.39 is 0 Å². The zero-order valence-electron chi connectivity index (χ0n) is 12.4. The van der Waals surface area contributed by atoms with Crippen LogP contribution < -0.4 is 14.8 Å². The predicted octanol–water partition coefficient (Wildman–Crippen LogP) is 2.81. The van der Waals surface area contributed by atoms with Gasteiger partial charge in [0.2, 0.25) is 0 Å². The number of hydrogen-bond donors (Lipinski definition) is 1. The molecule has 1 aromatic rings. The third-order valence-corrected chi connectivity index (χ3v) is 3.85. The quantitative estimate of drug-likeness (QED) is 0.841. The van der Waals surface area contributed by atoms with Crippen molar-refractivity contribution in [2.75, 3.05) is 14.2 Å². The van der Waals surface area contributed by atoms with E-state index in [-0.39, 0.29) is 5.78 Å². The lowest BCUT2D eigenvalue weighted by atomic mass is 9.94. The molecule has 0 amide bonds. The molecular weight excluding hydrogens is 254 g/mol. The summed E-state index contributed by atoms with van der Waals surface area (Å²) in [6.07, 6.45) is 4.00. The number of carbonyl (C=O) groups excluding carboxylic acids is 1. The molecule has 1 fully saturated rings. The maximum atomic E-state index is 12.4. The van der Waals surface area contributed by atoms with Crippen molar-refractivity contribution in [2.24, 2.45) is 0 Å². The summed E-state index contributed by atoms with van der Waals surface area (Å²) < 4.78 is 10.4. The zero-order valence-corrected chi connectivity index (χ0v) is 12.4. The van der Waals surface area contributed by atoms with Crippen molar-refractivity contribution in [2.45, 2.75) is 44.7 Å². The van der Waals surface area contributed by atoms with Crippen molar-refractivity contribution in [1.82, 2.24) is 5.32 Å². The normalized spacial score (nSPS) is 22.4. The Bertz CT molecular complexity index is 473. The summed E-state index contributed by atoms with van der Waals surface area (Å²) in [4.78, 5) is 12.4. The lowest BCUT2D eigenvalue weighted by Crippen LogP contribution is -2.41. The summed E-state index contributed by atoms with van der Waals surface area (Å²) in [5, 5.41) is 3.49. The number of rotatable bonds is 5. The standard InChI is InChI=1S/C16H23NO3/c1-11-5-4-6-13(17-11)10-14(18)12-7-8-15(19-2)16(9-12)20-3/h7-9,11,13,17H,4-6,10H2,1-3H3. The van der Waals surface area contributed by atoms with Gasteiger partial charge in [-0.2, -0.15) is 0 Å². The molecule has 0 radical (unpaired) electrons. The van der Waals surface area contributed by atoms with Crippen LogP contribution in [0.1, 0.15) is 43.0 Å². The Hall–Kier alpha value is -1.55. The number of methoxy groups -OCH3 is 2. The van der Waals surface area contributed by atoms with Crippen LogP contribution in [0.3, 0.4) is 0 Å². The van der Waals surface area contributed by atoms with Gasteiger partial charge >= 0.3 is 0 Å². The van der Waals surface area contributed by atoms with Crippen LogP contribution in [0.15, 0.2) is 18.2 Å². The van der Waals surface area contributed by atoms with Crippen molar-refractivity contribution >= 4 is 5.78 Å². The van der Waals surface area contributed by atoms with Crippen LogP contribution in [0, 0.1) is 0 Å². The van der Waals surface area contributed by atoms with Crippen LogP contribution in [0.2, 0.25) is 0 Å². The van der Waals surface area contributed by atoms with Gasteiger partial charge in [-0.1, -0.05) is 6.42 Å². The Balaban J connectivity index is 2.05. The van der Waals surface area contributed by atoms with Gasteiger partial charge in [-0.15, -0.1) is 0 Å². The molecule has 0 bridgehead atoms. The molecular formula is C16H23NO3. The van der Waals surface area contributed by atoms with Crippen LogP contribution in [-0.2, 0) is 0 Å². The fourth-order valence-corrected chi connectivity index (χ4v) is 2.75. The first-order valence-electron chi connectivity index (χ1n) is 7.15. The fraction of sp³-hybridized carbons (Fsp3) is 0.562. The highest BCUT2D eigenvalue weighted by atomic mass is 16.5. The largest absolute Gasteiger partial charge is 0.493 e. The van der Waals surface area contributed by atoms with E-state index in [4.69, 9.17) is 9.47 Å². The van der Waals surface area contributed by atoms with E-state index in [1.807, 2.05) is 0 Å². The van der Waals surface area contributed by atoms with Crippen molar-refractivity contribution < 1.29 is 14.3 Å². The number of ketones is 1. The van der Waals surface area contributed by atoms with Gasteiger partial charge in [0.1, 0.15) is 0 Å². The number of benzene rings is 1. The van der Waals surface area contributed by atoms with Gasteiger partial charge in [0.25, 0.3) is 0 Å². The number of nitrogens with one attached hydrogen (secondary N) is 1. The highest BCUT2D eigenvalue weighted by Crippen LogP contribution is 2.28. The van der Waals surface area contributed by atoms with Crippen LogP contribution in [-0.4, -0.2) is 32.1 Å². The summed E-state index contributed by atoms with van der Waals surface area (Å²) in [5.41, 5.74) is 0.683. The third-order valence-electron chi connectivity index (χ3n) is 3.85. The first-order valence-corrected chi connectivity index (χ1v) is 7.15. The van der Waals surface area contributed by atoms with Crippen molar-refractivity contribution in [3.8, 4) is 11.5 Å². The number of hydrogen-bond acceptors (Lipinski definition) is 4. The molecule has 0 spiro atoms. The summed E-state index contributed by atoms with van der Waals surface area (Å²) in [7, 11) is 3.17. The highest BCUT2D eigenvalue weighted by molar-refractivity contribution is 5.97. The molecule has 4 nitrogen and oxygen atoms in total. The lowest BCUT2D eigenvalue weighted by molar-refractivity contribution is 0.0959. The molecule has 0 aromatic heterocycles. The molecule has 1 aromatic carbocycles. The maximum Gasteiger partial charge on any atom is 0.164 e. The maximum absolute atomic E-state index is 12.4. The average Bonchev–Trinajstić information content (AvgIpc) is 2.46. The van der Waals surface area contributed by atoms with Crippen LogP contribution in [0.4, 0.5) is 0 Å². The number of ether oxygens (including phenoxy) is 2. The molecule has 1 aliphatic rings. The SMILES string of the molecule is COc1ccc(C(=O)CC2CCCC(C)N2)cc1OC. The molecule has 2 rings (SSSR count). The molecule has 4 heteroatoms. The molecule has 1 aliphatic heterocycles. The van der Waals surface area contributed by atoms with E-state index in [0.29, 0.717) is 35.6 Å². The first kappa shape index (κ1) is 14.9. The average molecular weight is 277 g/mol. The van der Waals surface area contributed by atoms with Gasteiger partial charge in [-0.3, -0.25) is 4.79 Å². The van der Waals surface area contributed by atoms with Crippen molar-refractivity contribution in [3.63, 3.8) is 0 Å². The van der Waals surface area contributed by atoms with E-state index in [2.05, 4.69) is 12.2 Å². The Kier molecular flexibility index (Phi) is 5.01. The van der Waals surface area contributed by atoms with Gasteiger partial charge in [-0.05, 0) is 38.0 Å². The molecule has 20 heavy (non-hydrogen) atoms. The molecule has 2 unspecified atom stereocenters. The Labute approximate surface area is 120 Å². The predicted molar refractivity (Wildman–Crippen MR) is 78.7 cm³/mol. The lowest BCUT2D eigenvalue weighted by Gasteiger charge is -2.28. The van der Waals surface area contributed by atoms with E-state index >= 15 is 0 Å². The van der Waals surface area contributed by atoms with E-state index in [0.717, 1.165) is 6.42 Å². The second kappa shape index (κ2) is 6.75. The second-order valence-electron chi connectivity index (χ2n) is 5.39. The monoisotopic (exact) mass is 277 g/mol. The number of carbonyl (C=O) groups is 1. The minimum absolute atomic E-state index is 0.151. The van der Waals surface area contributed by atoms with Crippen LogP contribution >= 0.6 is 0 Å². The Morgan fingerprint density at radius 3 is 2.65 bits per heavy atom. The molecule has 2 atom stereocenters. The molecule has 1 heterocycles. The molecule has 1 N–H and O–H groups in total. The second-order valence-corrected chi connectivity index (χ2v) is 5.39. The first-order chi connectivity index (χ1) is 9.63. The summed E-state index contributed by atoms with van der Waals surface area (Å²) in [6.45, 7) is 2.17. The minimum Gasteiger partial charge on any atom is -0.493 e. The number of piperidine rings is 1. The fourth-order valence-electron chi connectivity index (χ4n) is 2.75. The van der Waals surface area contributed by atoms with Gasteiger partial charge < -0.3 is 14.8 Å². The summed E-state index contributed by atoms with van der Waals surface area (Å²) in [5.74, 6) is 1.40. The minimum atomic E-state index is 0.151. The van der Waals surface area contributed by atoms with Gasteiger partial charge in [-0.25, -0.2) is 0 Å². The van der Waals surface area contributed by atoms with Gasteiger partial charge in [0.05, 0.1) is 14.2 Å². The highest BCUT2D eigenvalue weighted by Gasteiger charge is 2.21. The van der Waals surface area contributed by atoms with Gasteiger partial charge in [0, 0.05) is 24.1 Å². The molecule has 110 valence electrons. The number of Topliss-reactive ketones (excluding diaryl/α,β-unsaturated/α-hetero) is 1. The molecule has 0 aliphatic carbocycles. The van der Waals surface area contributed by atoms with Crippen molar-refractivity contribution in [3.05, 3.63) is 23.8 Å².